The molecule has 1 aromatic rings. The van der Waals surface area contributed by atoms with Gasteiger partial charge in [-0.05, 0) is 26.0 Å². The van der Waals surface area contributed by atoms with E-state index < -0.39 is 0 Å². The molecular formula is C16H19N3OS2. The molecule has 0 aliphatic carbocycles. The van der Waals surface area contributed by atoms with Crippen molar-refractivity contribution in [2.24, 2.45) is 4.99 Å². The first kappa shape index (κ1) is 16.9. The first-order valence-electron chi connectivity index (χ1n) is 7.20. The van der Waals surface area contributed by atoms with E-state index in [2.05, 4.69) is 11.1 Å². The number of hydrogen-bond acceptors (Lipinski definition) is 5. The van der Waals surface area contributed by atoms with Crippen molar-refractivity contribution in [2.45, 2.75) is 25.5 Å². The summed E-state index contributed by atoms with van der Waals surface area (Å²) in [5.41, 5.74) is 2.00. The summed E-state index contributed by atoms with van der Waals surface area (Å²) in [6.07, 6.45) is 0.326. The van der Waals surface area contributed by atoms with Gasteiger partial charge < -0.3 is 4.90 Å². The summed E-state index contributed by atoms with van der Waals surface area (Å²) in [5, 5.41) is 8.64. The minimum Gasteiger partial charge on any atom is -0.310 e. The van der Waals surface area contributed by atoms with Crippen molar-refractivity contribution in [3.05, 3.63) is 29.8 Å². The SMILES string of the molecule is Cc1ccc(N(CCC#N)C(=O)[C@H](C)SC2=NCCS2)cc1. The molecule has 0 saturated heterocycles. The minimum absolute atomic E-state index is 0.0271. The molecule has 22 heavy (non-hydrogen) atoms. The number of aryl methyl sites for hydroxylation is 1. The second kappa shape index (κ2) is 8.25. The van der Waals surface area contributed by atoms with E-state index in [-0.39, 0.29) is 11.2 Å². The van der Waals surface area contributed by atoms with Gasteiger partial charge in [-0.1, -0.05) is 41.2 Å². The fraction of sp³-hybridized carbons (Fsp3) is 0.438. The van der Waals surface area contributed by atoms with Gasteiger partial charge in [0.1, 0.15) is 4.38 Å². The molecule has 1 aliphatic rings. The number of aliphatic imine (C=N–C) groups is 1. The fourth-order valence-corrected chi connectivity index (χ4v) is 4.25. The third kappa shape index (κ3) is 4.52. The maximum Gasteiger partial charge on any atom is 0.240 e. The Morgan fingerprint density at radius 3 is 2.82 bits per heavy atom. The van der Waals surface area contributed by atoms with Gasteiger partial charge in [0.2, 0.25) is 5.91 Å². The first-order chi connectivity index (χ1) is 10.6. The zero-order valence-electron chi connectivity index (χ0n) is 12.8. The summed E-state index contributed by atoms with van der Waals surface area (Å²) in [4.78, 5) is 18.8. The van der Waals surface area contributed by atoms with Gasteiger partial charge in [0.25, 0.3) is 0 Å². The van der Waals surface area contributed by atoms with Crippen LogP contribution in [-0.2, 0) is 4.79 Å². The van der Waals surface area contributed by atoms with Crippen LogP contribution in [0.15, 0.2) is 29.3 Å². The molecule has 0 unspecified atom stereocenters. The van der Waals surface area contributed by atoms with E-state index in [0.29, 0.717) is 13.0 Å². The van der Waals surface area contributed by atoms with Crippen molar-refractivity contribution in [1.29, 1.82) is 5.26 Å². The predicted molar refractivity (Wildman–Crippen MR) is 95.6 cm³/mol. The monoisotopic (exact) mass is 333 g/mol. The Morgan fingerprint density at radius 2 is 2.23 bits per heavy atom. The van der Waals surface area contributed by atoms with Crippen molar-refractivity contribution in [3.63, 3.8) is 0 Å². The third-order valence-corrected chi connectivity index (χ3v) is 5.53. The Bertz CT molecular complexity index is 592. The fourth-order valence-electron chi connectivity index (χ4n) is 2.06. The van der Waals surface area contributed by atoms with Crippen molar-refractivity contribution in [1.82, 2.24) is 0 Å². The van der Waals surface area contributed by atoms with Gasteiger partial charge in [0.05, 0.1) is 24.3 Å². The Labute approximate surface area is 140 Å². The normalized spacial score (nSPS) is 15.0. The highest BCUT2D eigenvalue weighted by molar-refractivity contribution is 8.39. The lowest BCUT2D eigenvalue weighted by molar-refractivity contribution is -0.117. The van der Waals surface area contributed by atoms with Crippen molar-refractivity contribution in [2.75, 3.05) is 23.7 Å². The largest absolute Gasteiger partial charge is 0.310 e. The molecule has 0 bridgehead atoms. The Balaban J connectivity index is 2.11. The summed E-state index contributed by atoms with van der Waals surface area (Å²) < 4.78 is 0.991. The van der Waals surface area contributed by atoms with Gasteiger partial charge in [-0.3, -0.25) is 9.79 Å². The number of hydrogen-bond donors (Lipinski definition) is 0. The van der Waals surface area contributed by atoms with Crippen LogP contribution in [0, 0.1) is 18.3 Å². The van der Waals surface area contributed by atoms with Crippen LogP contribution in [0.4, 0.5) is 5.69 Å². The number of rotatable bonds is 5. The van der Waals surface area contributed by atoms with E-state index in [1.54, 1.807) is 16.7 Å². The van der Waals surface area contributed by atoms with E-state index in [1.807, 2.05) is 38.1 Å². The lowest BCUT2D eigenvalue weighted by Gasteiger charge is -2.25. The van der Waals surface area contributed by atoms with Gasteiger partial charge in [0.15, 0.2) is 0 Å². The van der Waals surface area contributed by atoms with Crippen LogP contribution >= 0.6 is 23.5 Å². The Kier molecular flexibility index (Phi) is 6.34. The molecule has 1 aromatic carbocycles. The topological polar surface area (TPSA) is 56.5 Å². The third-order valence-electron chi connectivity index (χ3n) is 3.24. The number of carbonyl (C=O) groups is 1. The van der Waals surface area contributed by atoms with Crippen molar-refractivity contribution >= 4 is 39.5 Å². The lowest BCUT2D eigenvalue weighted by Crippen LogP contribution is -2.37. The molecule has 0 N–H and O–H groups in total. The average molecular weight is 333 g/mol. The predicted octanol–water partition coefficient (Wildman–Crippen LogP) is 3.47. The molecule has 116 valence electrons. The van der Waals surface area contributed by atoms with E-state index in [1.165, 1.54) is 11.8 Å². The summed E-state index contributed by atoms with van der Waals surface area (Å²) in [6, 6.07) is 9.95. The number of nitriles is 1. The Morgan fingerprint density at radius 1 is 1.50 bits per heavy atom. The van der Waals surface area contributed by atoms with Gasteiger partial charge >= 0.3 is 0 Å². The molecule has 6 heteroatoms. The minimum atomic E-state index is -0.204. The first-order valence-corrected chi connectivity index (χ1v) is 9.07. The van der Waals surface area contributed by atoms with Crippen LogP contribution in [-0.4, -0.2) is 34.4 Å². The van der Waals surface area contributed by atoms with E-state index in [9.17, 15) is 4.79 Å². The number of benzene rings is 1. The maximum atomic E-state index is 12.8. The van der Waals surface area contributed by atoms with Crippen molar-refractivity contribution < 1.29 is 4.79 Å². The van der Waals surface area contributed by atoms with Crippen LogP contribution in [0.3, 0.4) is 0 Å². The molecule has 1 aliphatic heterocycles. The summed E-state index contributed by atoms with van der Waals surface area (Å²) in [7, 11) is 0. The maximum absolute atomic E-state index is 12.8. The van der Waals surface area contributed by atoms with E-state index in [4.69, 9.17) is 5.26 Å². The summed E-state index contributed by atoms with van der Waals surface area (Å²) in [5.74, 6) is 1.03. The highest BCUT2D eigenvalue weighted by atomic mass is 32.2. The number of nitrogens with zero attached hydrogens (tertiary/aromatic N) is 3. The molecule has 1 heterocycles. The molecule has 4 nitrogen and oxygen atoms in total. The number of amides is 1. The number of anilines is 1. The van der Waals surface area contributed by atoms with Gasteiger partial charge in [-0.15, -0.1) is 0 Å². The lowest BCUT2D eigenvalue weighted by atomic mass is 10.2. The zero-order valence-corrected chi connectivity index (χ0v) is 14.4. The highest BCUT2D eigenvalue weighted by Gasteiger charge is 2.24. The molecule has 0 aromatic heterocycles. The standard InChI is InChI=1S/C16H19N3OS2/c1-12-4-6-14(7-5-12)19(10-3-8-17)15(20)13(2)22-16-18-9-11-21-16/h4-7,13H,3,9-11H2,1-2H3/t13-/m0/s1. The quantitative estimate of drug-likeness (QED) is 0.828. The van der Waals surface area contributed by atoms with Gasteiger partial charge in [-0.2, -0.15) is 5.26 Å². The van der Waals surface area contributed by atoms with Gasteiger partial charge in [-0.25, -0.2) is 0 Å². The van der Waals surface area contributed by atoms with Crippen LogP contribution in [0.25, 0.3) is 0 Å². The molecule has 1 atom stereocenters. The smallest absolute Gasteiger partial charge is 0.240 e. The molecule has 0 fully saturated rings. The zero-order chi connectivity index (χ0) is 15.9. The van der Waals surface area contributed by atoms with E-state index in [0.717, 1.165) is 27.9 Å². The molecule has 0 radical (unpaired) electrons. The van der Waals surface area contributed by atoms with Crippen LogP contribution in [0.2, 0.25) is 0 Å². The summed E-state index contributed by atoms with van der Waals surface area (Å²) in [6.45, 7) is 5.17. The molecule has 1 amide bonds. The second-order valence-electron chi connectivity index (χ2n) is 4.99. The average Bonchev–Trinajstić information content (AvgIpc) is 3.02. The molecule has 2 rings (SSSR count). The molecule has 0 saturated carbocycles. The second-order valence-corrected chi connectivity index (χ2v) is 7.66. The highest BCUT2D eigenvalue weighted by Crippen LogP contribution is 2.28. The van der Waals surface area contributed by atoms with E-state index >= 15 is 0 Å². The number of thioether (sulfide) groups is 2. The summed E-state index contributed by atoms with van der Waals surface area (Å²) >= 11 is 3.22. The van der Waals surface area contributed by atoms with Crippen molar-refractivity contribution in [3.8, 4) is 6.07 Å². The van der Waals surface area contributed by atoms with Crippen LogP contribution in [0.1, 0.15) is 18.9 Å². The van der Waals surface area contributed by atoms with Crippen LogP contribution in [0.5, 0.6) is 0 Å². The molecular weight excluding hydrogens is 314 g/mol. The molecule has 0 spiro atoms. The van der Waals surface area contributed by atoms with Crippen LogP contribution < -0.4 is 4.90 Å². The Hall–Kier alpha value is -1.45. The number of carbonyl (C=O) groups excluding carboxylic acids is 1. The van der Waals surface area contributed by atoms with Gasteiger partial charge in [0, 0.05) is 18.0 Å².